The number of carbonyl (C=O) groups excluding carboxylic acids is 1. The summed E-state index contributed by atoms with van der Waals surface area (Å²) >= 11 is 0. The fourth-order valence-corrected chi connectivity index (χ4v) is 3.60. The fourth-order valence-electron chi connectivity index (χ4n) is 2.78. The molecule has 0 bridgehead atoms. The minimum Gasteiger partial charge on any atom is -0.497 e. The van der Waals surface area contributed by atoms with Crippen LogP contribution in [0.15, 0.2) is 24.3 Å². The first-order chi connectivity index (χ1) is 11.9. The molecule has 25 heavy (non-hydrogen) atoms. The third-order valence-electron chi connectivity index (χ3n) is 4.35. The second-order valence-electron chi connectivity index (χ2n) is 6.20. The normalized spacial score (nSPS) is 16.6. The highest BCUT2D eigenvalue weighted by Crippen LogP contribution is 2.12. The van der Waals surface area contributed by atoms with E-state index in [-0.39, 0.29) is 5.91 Å². The number of ether oxygens (including phenoxy) is 1. The molecule has 1 amide bonds. The van der Waals surface area contributed by atoms with Gasteiger partial charge in [-0.15, -0.1) is 0 Å². The number of sulfonamides is 1. The van der Waals surface area contributed by atoms with Crippen LogP contribution >= 0.6 is 0 Å². The van der Waals surface area contributed by atoms with Crippen molar-refractivity contribution in [3.05, 3.63) is 29.8 Å². The second-order valence-corrected chi connectivity index (χ2v) is 8.18. The van der Waals surface area contributed by atoms with Crippen LogP contribution in [0.4, 0.5) is 0 Å². The highest BCUT2D eigenvalue weighted by atomic mass is 32.2. The van der Waals surface area contributed by atoms with Gasteiger partial charge in [0.05, 0.1) is 13.4 Å². The molecule has 1 heterocycles. The molecular formula is C17H27N3O4S. The quantitative estimate of drug-likeness (QED) is 0.714. The Morgan fingerprint density at radius 3 is 2.36 bits per heavy atom. The van der Waals surface area contributed by atoms with Crippen molar-refractivity contribution in [1.29, 1.82) is 0 Å². The number of hydrogen-bond donors (Lipinski definition) is 1. The summed E-state index contributed by atoms with van der Waals surface area (Å²) < 4.78 is 29.5. The molecule has 1 aliphatic rings. The summed E-state index contributed by atoms with van der Waals surface area (Å²) in [6, 6.07) is 7.72. The lowest BCUT2D eigenvalue weighted by Crippen LogP contribution is -2.49. The molecule has 1 fully saturated rings. The van der Waals surface area contributed by atoms with Crippen LogP contribution in [-0.4, -0.2) is 76.2 Å². The van der Waals surface area contributed by atoms with E-state index in [4.69, 9.17) is 4.74 Å². The van der Waals surface area contributed by atoms with Crippen molar-refractivity contribution in [2.24, 2.45) is 0 Å². The lowest BCUT2D eigenvalue weighted by atomic mass is 10.1. The second kappa shape index (κ2) is 9.17. The molecule has 0 atom stereocenters. The van der Waals surface area contributed by atoms with Crippen LogP contribution in [0.3, 0.4) is 0 Å². The number of nitrogens with one attached hydrogen (secondary N) is 1. The van der Waals surface area contributed by atoms with E-state index in [1.165, 1.54) is 10.6 Å². The molecular weight excluding hydrogens is 342 g/mol. The molecule has 0 radical (unpaired) electrons. The molecule has 1 aromatic rings. The van der Waals surface area contributed by atoms with Crippen LogP contribution in [0.5, 0.6) is 5.75 Å². The predicted octanol–water partition coefficient (Wildman–Crippen LogP) is 0.321. The Morgan fingerprint density at radius 1 is 1.16 bits per heavy atom. The molecule has 1 saturated heterocycles. The van der Waals surface area contributed by atoms with E-state index >= 15 is 0 Å². The summed E-state index contributed by atoms with van der Waals surface area (Å²) in [5.41, 5.74) is 1.10. The predicted molar refractivity (Wildman–Crippen MR) is 97.2 cm³/mol. The Balaban J connectivity index is 1.61. The topological polar surface area (TPSA) is 79.0 Å². The molecule has 8 heteroatoms. The van der Waals surface area contributed by atoms with E-state index in [1.807, 2.05) is 24.3 Å². The summed E-state index contributed by atoms with van der Waals surface area (Å²) in [5, 5.41) is 2.93. The first-order valence-corrected chi connectivity index (χ1v) is 10.3. The average molecular weight is 369 g/mol. The first kappa shape index (κ1) is 19.7. The number of carbonyl (C=O) groups is 1. The first-order valence-electron chi connectivity index (χ1n) is 8.45. The van der Waals surface area contributed by atoms with Crippen LogP contribution in [0.1, 0.15) is 12.0 Å². The average Bonchev–Trinajstić information content (AvgIpc) is 2.60. The van der Waals surface area contributed by atoms with Crippen molar-refractivity contribution in [2.45, 2.75) is 12.8 Å². The number of benzene rings is 1. The Hall–Kier alpha value is -1.64. The van der Waals surface area contributed by atoms with E-state index in [0.29, 0.717) is 45.6 Å². The fraction of sp³-hybridized carbons (Fsp3) is 0.588. The van der Waals surface area contributed by atoms with Gasteiger partial charge in [-0.2, -0.15) is 4.31 Å². The van der Waals surface area contributed by atoms with Crippen molar-refractivity contribution >= 4 is 15.9 Å². The molecule has 0 unspecified atom stereocenters. The molecule has 0 aromatic heterocycles. The van der Waals surface area contributed by atoms with Crippen LogP contribution in [0, 0.1) is 0 Å². The zero-order valence-electron chi connectivity index (χ0n) is 14.9. The zero-order valence-corrected chi connectivity index (χ0v) is 15.7. The number of nitrogens with zero attached hydrogens (tertiary/aromatic N) is 2. The van der Waals surface area contributed by atoms with Gasteiger partial charge in [0.15, 0.2) is 0 Å². The molecule has 1 N–H and O–H groups in total. The van der Waals surface area contributed by atoms with Crippen molar-refractivity contribution in [3.63, 3.8) is 0 Å². The minimum absolute atomic E-state index is 0.0330. The van der Waals surface area contributed by atoms with E-state index < -0.39 is 10.0 Å². The standard InChI is InChI=1S/C17H27N3O4S/c1-24-16-6-3-15(4-7-16)5-8-17(21)18-9-10-19-11-13-20(14-12-19)25(2,22)23/h3-4,6-7H,5,8-14H2,1-2H3,(H,18,21). The minimum atomic E-state index is -3.09. The van der Waals surface area contributed by atoms with Gasteiger partial charge in [-0.3, -0.25) is 9.69 Å². The Morgan fingerprint density at radius 2 is 1.80 bits per heavy atom. The molecule has 140 valence electrons. The van der Waals surface area contributed by atoms with Crippen molar-refractivity contribution in [1.82, 2.24) is 14.5 Å². The van der Waals surface area contributed by atoms with Crippen LogP contribution < -0.4 is 10.1 Å². The lowest BCUT2D eigenvalue weighted by molar-refractivity contribution is -0.121. The summed E-state index contributed by atoms with van der Waals surface area (Å²) in [6.07, 6.45) is 2.39. The Kier molecular flexibility index (Phi) is 7.22. The maximum absolute atomic E-state index is 11.9. The maximum atomic E-state index is 11.9. The van der Waals surface area contributed by atoms with Crippen LogP contribution in [-0.2, 0) is 21.2 Å². The summed E-state index contributed by atoms with van der Waals surface area (Å²) in [6.45, 7) is 3.77. The largest absolute Gasteiger partial charge is 0.497 e. The van der Waals surface area contributed by atoms with Gasteiger partial charge in [0, 0.05) is 45.7 Å². The lowest BCUT2D eigenvalue weighted by Gasteiger charge is -2.33. The van der Waals surface area contributed by atoms with Gasteiger partial charge in [-0.05, 0) is 24.1 Å². The highest BCUT2D eigenvalue weighted by molar-refractivity contribution is 7.88. The van der Waals surface area contributed by atoms with Gasteiger partial charge in [-0.1, -0.05) is 12.1 Å². The monoisotopic (exact) mass is 369 g/mol. The van der Waals surface area contributed by atoms with Gasteiger partial charge in [0.25, 0.3) is 0 Å². The van der Waals surface area contributed by atoms with Crippen molar-refractivity contribution < 1.29 is 17.9 Å². The highest BCUT2D eigenvalue weighted by Gasteiger charge is 2.22. The Bertz CT molecular complexity index is 653. The molecule has 1 aliphatic heterocycles. The summed E-state index contributed by atoms with van der Waals surface area (Å²) in [7, 11) is -1.46. The van der Waals surface area contributed by atoms with Gasteiger partial charge in [0.2, 0.25) is 15.9 Å². The third-order valence-corrected chi connectivity index (χ3v) is 5.65. The Labute approximate surface area is 150 Å². The van der Waals surface area contributed by atoms with Gasteiger partial charge < -0.3 is 10.1 Å². The van der Waals surface area contributed by atoms with Gasteiger partial charge in [-0.25, -0.2) is 8.42 Å². The smallest absolute Gasteiger partial charge is 0.220 e. The van der Waals surface area contributed by atoms with Crippen LogP contribution in [0.2, 0.25) is 0 Å². The third kappa shape index (κ3) is 6.64. The SMILES string of the molecule is COc1ccc(CCC(=O)NCCN2CCN(S(C)(=O)=O)CC2)cc1. The number of rotatable bonds is 8. The molecule has 0 saturated carbocycles. The molecule has 0 spiro atoms. The molecule has 7 nitrogen and oxygen atoms in total. The summed E-state index contributed by atoms with van der Waals surface area (Å²) in [5.74, 6) is 0.842. The molecule has 1 aromatic carbocycles. The van der Waals surface area contributed by atoms with E-state index in [9.17, 15) is 13.2 Å². The van der Waals surface area contributed by atoms with Crippen molar-refractivity contribution in [2.75, 3.05) is 52.6 Å². The number of hydrogen-bond acceptors (Lipinski definition) is 5. The van der Waals surface area contributed by atoms with Gasteiger partial charge >= 0.3 is 0 Å². The zero-order chi connectivity index (χ0) is 18.3. The summed E-state index contributed by atoms with van der Waals surface area (Å²) in [4.78, 5) is 14.1. The maximum Gasteiger partial charge on any atom is 0.220 e. The number of aryl methyl sites for hydroxylation is 1. The van der Waals surface area contributed by atoms with E-state index in [0.717, 1.165) is 17.9 Å². The van der Waals surface area contributed by atoms with E-state index in [1.54, 1.807) is 7.11 Å². The number of amides is 1. The molecule has 0 aliphatic carbocycles. The van der Waals surface area contributed by atoms with E-state index in [2.05, 4.69) is 10.2 Å². The molecule has 2 rings (SSSR count). The van der Waals surface area contributed by atoms with Crippen LogP contribution in [0.25, 0.3) is 0 Å². The van der Waals surface area contributed by atoms with Gasteiger partial charge in [0.1, 0.15) is 5.75 Å². The number of methoxy groups -OCH3 is 1. The number of piperazine rings is 1. The van der Waals surface area contributed by atoms with Crippen molar-refractivity contribution in [3.8, 4) is 5.75 Å².